The summed E-state index contributed by atoms with van der Waals surface area (Å²) in [4.78, 5) is 19.9. The maximum atomic E-state index is 13.2. The second kappa shape index (κ2) is 6.34. The van der Waals surface area contributed by atoms with Crippen LogP contribution >= 0.6 is 0 Å². The molecule has 3 aromatic rings. The Morgan fingerprint density at radius 3 is 2.60 bits per heavy atom. The predicted molar refractivity (Wildman–Crippen MR) is 80.7 cm³/mol. The normalized spacial score (nSPS) is 11.4. The lowest BCUT2D eigenvalue weighted by atomic mass is 10.2. The molecule has 0 fully saturated rings. The van der Waals surface area contributed by atoms with E-state index in [1.807, 2.05) is 0 Å². The van der Waals surface area contributed by atoms with Crippen LogP contribution in [0.1, 0.15) is 16.1 Å². The molecule has 0 aliphatic heterocycles. The molecule has 1 N–H and O–H groups in total. The van der Waals surface area contributed by atoms with Crippen LogP contribution in [0.4, 0.5) is 23.2 Å². The van der Waals surface area contributed by atoms with Gasteiger partial charge in [0.05, 0.1) is 5.56 Å². The fourth-order valence-electron chi connectivity index (χ4n) is 2.08. The number of hydrogen-bond acceptors (Lipinski definition) is 3. The number of carbonyl (C=O) groups is 1. The van der Waals surface area contributed by atoms with Crippen LogP contribution in [0.2, 0.25) is 0 Å². The lowest BCUT2D eigenvalue weighted by Crippen LogP contribution is -2.17. The van der Waals surface area contributed by atoms with E-state index < -0.39 is 29.2 Å². The van der Waals surface area contributed by atoms with Gasteiger partial charge >= 0.3 is 6.18 Å². The van der Waals surface area contributed by atoms with Gasteiger partial charge in [-0.2, -0.15) is 13.2 Å². The topological polar surface area (TPSA) is 59.8 Å². The standard InChI is InChI=1S/C16H10F4N4O/c17-11-2-1-3-12(8-11)22-15(25)13-6-10(16(18,19)20)7-14(23-13)24-5-4-21-9-24/h1-9H,(H,22,25). The Bertz CT molecular complexity index is 907. The lowest BCUT2D eigenvalue weighted by molar-refractivity contribution is -0.137. The van der Waals surface area contributed by atoms with Gasteiger partial charge in [0.25, 0.3) is 5.91 Å². The highest BCUT2D eigenvalue weighted by atomic mass is 19.4. The van der Waals surface area contributed by atoms with Crippen LogP contribution in [0.25, 0.3) is 5.82 Å². The van der Waals surface area contributed by atoms with Crippen molar-refractivity contribution in [2.45, 2.75) is 6.18 Å². The summed E-state index contributed by atoms with van der Waals surface area (Å²) < 4.78 is 53.7. The highest BCUT2D eigenvalue weighted by molar-refractivity contribution is 6.03. The zero-order valence-electron chi connectivity index (χ0n) is 12.5. The van der Waals surface area contributed by atoms with Gasteiger partial charge in [0.15, 0.2) is 0 Å². The first-order chi connectivity index (χ1) is 11.8. The molecule has 2 aromatic heterocycles. The van der Waals surface area contributed by atoms with Crippen LogP contribution in [-0.4, -0.2) is 20.4 Å². The van der Waals surface area contributed by atoms with Crippen molar-refractivity contribution in [3.8, 4) is 5.82 Å². The molecule has 0 bridgehead atoms. The van der Waals surface area contributed by atoms with E-state index in [1.54, 1.807) is 0 Å². The molecular formula is C16H10F4N4O. The number of carbonyl (C=O) groups excluding carboxylic acids is 1. The molecule has 9 heteroatoms. The number of alkyl halides is 3. The molecule has 2 heterocycles. The first kappa shape index (κ1) is 16.6. The van der Waals surface area contributed by atoms with Gasteiger partial charge in [0.1, 0.15) is 23.7 Å². The minimum atomic E-state index is -4.66. The third-order valence-corrected chi connectivity index (χ3v) is 3.22. The molecule has 1 aromatic carbocycles. The Kier molecular flexibility index (Phi) is 4.22. The third kappa shape index (κ3) is 3.82. The van der Waals surface area contributed by atoms with Crippen molar-refractivity contribution in [2.75, 3.05) is 5.32 Å². The number of nitrogens with one attached hydrogen (secondary N) is 1. The second-order valence-corrected chi connectivity index (χ2v) is 5.03. The van der Waals surface area contributed by atoms with Crippen molar-refractivity contribution in [3.05, 3.63) is 72.2 Å². The van der Waals surface area contributed by atoms with Gasteiger partial charge < -0.3 is 5.32 Å². The fourth-order valence-corrected chi connectivity index (χ4v) is 2.08. The smallest absolute Gasteiger partial charge is 0.321 e. The monoisotopic (exact) mass is 350 g/mol. The Labute approximate surface area is 139 Å². The highest BCUT2D eigenvalue weighted by Gasteiger charge is 2.32. The van der Waals surface area contributed by atoms with Gasteiger partial charge in [-0.15, -0.1) is 0 Å². The van der Waals surface area contributed by atoms with E-state index in [9.17, 15) is 22.4 Å². The maximum Gasteiger partial charge on any atom is 0.416 e. The molecule has 0 aliphatic carbocycles. The minimum absolute atomic E-state index is 0.105. The summed E-state index contributed by atoms with van der Waals surface area (Å²) in [7, 11) is 0. The summed E-state index contributed by atoms with van der Waals surface area (Å²) in [5, 5.41) is 2.32. The maximum absolute atomic E-state index is 13.2. The summed E-state index contributed by atoms with van der Waals surface area (Å²) in [5.74, 6) is -1.59. The van der Waals surface area contributed by atoms with Crippen LogP contribution in [-0.2, 0) is 6.18 Å². The van der Waals surface area contributed by atoms with Gasteiger partial charge in [-0.1, -0.05) is 6.07 Å². The Morgan fingerprint density at radius 2 is 1.96 bits per heavy atom. The van der Waals surface area contributed by atoms with Gasteiger partial charge in [0, 0.05) is 18.1 Å². The van der Waals surface area contributed by atoms with Crippen molar-refractivity contribution < 1.29 is 22.4 Å². The second-order valence-electron chi connectivity index (χ2n) is 5.03. The molecule has 0 atom stereocenters. The van der Waals surface area contributed by atoms with E-state index in [2.05, 4.69) is 15.3 Å². The van der Waals surface area contributed by atoms with Crippen LogP contribution in [0.3, 0.4) is 0 Å². The zero-order valence-corrected chi connectivity index (χ0v) is 12.5. The number of hydrogen-bond donors (Lipinski definition) is 1. The lowest BCUT2D eigenvalue weighted by Gasteiger charge is -2.12. The number of nitrogens with zero attached hydrogens (tertiary/aromatic N) is 3. The van der Waals surface area contributed by atoms with Crippen molar-refractivity contribution >= 4 is 11.6 Å². The molecule has 0 spiro atoms. The number of benzene rings is 1. The van der Waals surface area contributed by atoms with E-state index in [0.29, 0.717) is 6.07 Å². The average Bonchev–Trinajstić information content (AvgIpc) is 3.08. The third-order valence-electron chi connectivity index (χ3n) is 3.22. The van der Waals surface area contributed by atoms with Crippen LogP contribution in [0.15, 0.2) is 55.1 Å². The number of rotatable bonds is 3. The van der Waals surface area contributed by atoms with E-state index in [4.69, 9.17) is 0 Å². The highest BCUT2D eigenvalue weighted by Crippen LogP contribution is 2.30. The van der Waals surface area contributed by atoms with Crippen LogP contribution in [0.5, 0.6) is 0 Å². The van der Waals surface area contributed by atoms with Crippen molar-refractivity contribution in [2.24, 2.45) is 0 Å². The molecule has 3 rings (SSSR count). The van der Waals surface area contributed by atoms with Crippen molar-refractivity contribution in [1.29, 1.82) is 0 Å². The van der Waals surface area contributed by atoms with Crippen molar-refractivity contribution in [1.82, 2.24) is 14.5 Å². The van der Waals surface area contributed by atoms with E-state index >= 15 is 0 Å². The van der Waals surface area contributed by atoms with E-state index in [1.165, 1.54) is 41.5 Å². The predicted octanol–water partition coefficient (Wildman–Crippen LogP) is 3.68. The molecule has 128 valence electrons. The molecule has 0 saturated carbocycles. The molecule has 25 heavy (non-hydrogen) atoms. The van der Waals surface area contributed by atoms with Gasteiger partial charge in [-0.05, 0) is 30.3 Å². The molecule has 5 nitrogen and oxygen atoms in total. The number of amides is 1. The summed E-state index contributed by atoms with van der Waals surface area (Å²) in [6, 6.07) is 6.43. The van der Waals surface area contributed by atoms with Crippen molar-refractivity contribution in [3.63, 3.8) is 0 Å². The quantitative estimate of drug-likeness (QED) is 0.733. The summed E-state index contributed by atoms with van der Waals surface area (Å²) in [6.45, 7) is 0. The first-order valence-electron chi connectivity index (χ1n) is 6.97. The zero-order chi connectivity index (χ0) is 18.0. The summed E-state index contributed by atoms with van der Waals surface area (Å²) in [6.07, 6.45) is -0.631. The van der Waals surface area contributed by atoms with E-state index in [0.717, 1.165) is 12.1 Å². The molecule has 0 aliphatic rings. The molecule has 1 amide bonds. The fraction of sp³-hybridized carbons (Fsp3) is 0.0625. The Balaban J connectivity index is 1.99. The molecule has 0 radical (unpaired) electrons. The number of halogens is 4. The van der Waals surface area contributed by atoms with Gasteiger partial charge in [-0.25, -0.2) is 14.4 Å². The summed E-state index contributed by atoms with van der Waals surface area (Å²) in [5.41, 5.74) is -1.38. The minimum Gasteiger partial charge on any atom is -0.321 e. The molecule has 0 saturated heterocycles. The SMILES string of the molecule is O=C(Nc1cccc(F)c1)c1cc(C(F)(F)F)cc(-n2ccnc2)n1. The Morgan fingerprint density at radius 1 is 1.16 bits per heavy atom. The number of anilines is 1. The molecule has 0 unspecified atom stereocenters. The summed E-state index contributed by atoms with van der Waals surface area (Å²) >= 11 is 0. The number of aromatic nitrogens is 3. The largest absolute Gasteiger partial charge is 0.416 e. The Hall–Kier alpha value is -3.23. The van der Waals surface area contributed by atoms with Crippen LogP contribution in [0, 0.1) is 5.82 Å². The first-order valence-corrected chi connectivity index (χ1v) is 6.97. The average molecular weight is 350 g/mol. The van der Waals surface area contributed by atoms with E-state index in [-0.39, 0.29) is 11.5 Å². The van der Waals surface area contributed by atoms with Gasteiger partial charge in [0.2, 0.25) is 0 Å². The molecular weight excluding hydrogens is 340 g/mol. The number of imidazole rings is 1. The van der Waals surface area contributed by atoms with Gasteiger partial charge in [-0.3, -0.25) is 9.36 Å². The number of pyridine rings is 1. The van der Waals surface area contributed by atoms with Crippen LogP contribution < -0.4 is 5.32 Å².